The SMILES string of the molecule is CCO[Si](OCC)(OCC)OC1CC(C)CCC1C(C)C. The first kappa shape index (κ1) is 19.1. The van der Waals surface area contributed by atoms with Crippen LogP contribution in [0.25, 0.3) is 0 Å². The van der Waals surface area contributed by atoms with Gasteiger partial charge < -0.3 is 17.7 Å². The van der Waals surface area contributed by atoms with E-state index in [2.05, 4.69) is 20.8 Å². The third-order valence-corrected chi connectivity index (χ3v) is 6.74. The van der Waals surface area contributed by atoms with Crippen LogP contribution in [0.15, 0.2) is 0 Å². The van der Waals surface area contributed by atoms with Crippen molar-refractivity contribution < 1.29 is 17.7 Å². The fourth-order valence-electron chi connectivity index (χ4n) is 3.19. The molecule has 0 aromatic rings. The third kappa shape index (κ3) is 5.64. The van der Waals surface area contributed by atoms with Crippen LogP contribution < -0.4 is 0 Å². The van der Waals surface area contributed by atoms with Crippen molar-refractivity contribution >= 4 is 9.05 Å². The van der Waals surface area contributed by atoms with Gasteiger partial charge in [-0.2, -0.15) is 0 Å². The van der Waals surface area contributed by atoms with Crippen LogP contribution in [-0.4, -0.2) is 35.0 Å². The van der Waals surface area contributed by atoms with E-state index >= 15 is 0 Å². The van der Waals surface area contributed by atoms with Gasteiger partial charge in [-0.1, -0.05) is 27.2 Å². The molecule has 21 heavy (non-hydrogen) atoms. The van der Waals surface area contributed by atoms with Crippen LogP contribution >= 0.6 is 0 Å². The highest BCUT2D eigenvalue weighted by Gasteiger charge is 2.49. The molecule has 0 spiro atoms. The molecule has 3 unspecified atom stereocenters. The first-order chi connectivity index (χ1) is 9.98. The summed E-state index contributed by atoms with van der Waals surface area (Å²) < 4.78 is 24.0. The van der Waals surface area contributed by atoms with Gasteiger partial charge in [0.05, 0.1) is 6.10 Å². The van der Waals surface area contributed by atoms with E-state index < -0.39 is 9.05 Å². The number of hydrogen-bond donors (Lipinski definition) is 0. The number of hydrogen-bond acceptors (Lipinski definition) is 4. The molecule has 1 aliphatic rings. The van der Waals surface area contributed by atoms with Crippen LogP contribution in [0, 0.1) is 17.8 Å². The van der Waals surface area contributed by atoms with Crippen LogP contribution in [0.5, 0.6) is 0 Å². The topological polar surface area (TPSA) is 36.9 Å². The first-order valence-corrected chi connectivity index (χ1v) is 10.2. The van der Waals surface area contributed by atoms with Crippen molar-refractivity contribution in [1.29, 1.82) is 0 Å². The predicted octanol–water partition coefficient (Wildman–Crippen LogP) is 4.01. The van der Waals surface area contributed by atoms with Crippen molar-refractivity contribution in [2.24, 2.45) is 17.8 Å². The van der Waals surface area contributed by atoms with Gasteiger partial charge in [0.25, 0.3) is 0 Å². The monoisotopic (exact) mass is 318 g/mol. The Labute approximate surface area is 132 Å². The second kappa shape index (κ2) is 9.25. The third-order valence-electron chi connectivity index (χ3n) is 4.22. The zero-order valence-corrected chi connectivity index (χ0v) is 15.7. The van der Waals surface area contributed by atoms with Crippen molar-refractivity contribution in [3.05, 3.63) is 0 Å². The average Bonchev–Trinajstić information content (AvgIpc) is 2.39. The Kier molecular flexibility index (Phi) is 8.42. The van der Waals surface area contributed by atoms with Crippen molar-refractivity contribution in [1.82, 2.24) is 0 Å². The van der Waals surface area contributed by atoms with Gasteiger partial charge >= 0.3 is 9.05 Å². The van der Waals surface area contributed by atoms with Crippen molar-refractivity contribution in [2.75, 3.05) is 19.8 Å². The maximum atomic E-state index is 6.42. The lowest BCUT2D eigenvalue weighted by atomic mass is 9.75. The minimum atomic E-state index is -3.00. The summed E-state index contributed by atoms with van der Waals surface area (Å²) in [6.45, 7) is 14.4. The minimum Gasteiger partial charge on any atom is -0.351 e. The van der Waals surface area contributed by atoms with Crippen LogP contribution in [0.1, 0.15) is 60.8 Å². The minimum absolute atomic E-state index is 0.185. The molecule has 0 aromatic carbocycles. The molecule has 0 amide bonds. The Morgan fingerprint density at radius 3 is 1.90 bits per heavy atom. The maximum absolute atomic E-state index is 6.42. The van der Waals surface area contributed by atoms with Crippen molar-refractivity contribution in [3.63, 3.8) is 0 Å². The average molecular weight is 319 g/mol. The van der Waals surface area contributed by atoms with Crippen LogP contribution in [0.4, 0.5) is 0 Å². The lowest BCUT2D eigenvalue weighted by Gasteiger charge is -2.40. The van der Waals surface area contributed by atoms with E-state index in [1.54, 1.807) is 0 Å². The van der Waals surface area contributed by atoms with Gasteiger partial charge in [0, 0.05) is 19.8 Å². The summed E-state index contributed by atoms with van der Waals surface area (Å²) in [5.41, 5.74) is 0. The summed E-state index contributed by atoms with van der Waals surface area (Å²) in [6, 6.07) is 0. The Balaban J connectivity index is 2.85. The standard InChI is InChI=1S/C16H34O4Si/c1-7-17-21(18-8-2,19-9-3)20-16-12-14(6)10-11-15(16)13(4)5/h13-16H,7-12H2,1-6H3. The molecule has 1 saturated carbocycles. The van der Waals surface area contributed by atoms with Gasteiger partial charge in [0.2, 0.25) is 0 Å². The highest BCUT2D eigenvalue weighted by Crippen LogP contribution is 2.37. The van der Waals surface area contributed by atoms with Crippen molar-refractivity contribution in [3.8, 4) is 0 Å². The molecule has 5 heteroatoms. The van der Waals surface area contributed by atoms with Gasteiger partial charge in [-0.15, -0.1) is 0 Å². The Bertz CT molecular complexity index is 268. The highest BCUT2D eigenvalue weighted by atomic mass is 28.4. The molecule has 1 aliphatic carbocycles. The predicted molar refractivity (Wildman–Crippen MR) is 86.8 cm³/mol. The molecular weight excluding hydrogens is 284 g/mol. The molecule has 1 fully saturated rings. The van der Waals surface area contributed by atoms with Crippen LogP contribution in [0.3, 0.4) is 0 Å². The molecular formula is C16H34O4Si. The second-order valence-corrected chi connectivity index (χ2v) is 8.38. The Hall–Kier alpha value is 0.0569. The van der Waals surface area contributed by atoms with Gasteiger partial charge in [0.1, 0.15) is 0 Å². The maximum Gasteiger partial charge on any atom is 0.679 e. The second-order valence-electron chi connectivity index (χ2n) is 6.28. The molecule has 0 aliphatic heterocycles. The number of rotatable bonds is 9. The largest absolute Gasteiger partial charge is 0.679 e. The summed E-state index contributed by atoms with van der Waals surface area (Å²) in [7, 11) is -3.00. The van der Waals surface area contributed by atoms with E-state index in [1.807, 2.05) is 20.8 Å². The van der Waals surface area contributed by atoms with Crippen LogP contribution in [0.2, 0.25) is 0 Å². The van der Waals surface area contributed by atoms with Crippen molar-refractivity contribution in [2.45, 2.75) is 66.9 Å². The molecule has 0 bridgehead atoms. The van der Waals surface area contributed by atoms with E-state index in [-0.39, 0.29) is 6.10 Å². The van der Waals surface area contributed by atoms with E-state index in [0.717, 1.165) is 6.42 Å². The molecule has 0 N–H and O–H groups in total. The van der Waals surface area contributed by atoms with Gasteiger partial charge in [-0.25, -0.2) is 0 Å². The molecule has 3 atom stereocenters. The van der Waals surface area contributed by atoms with Crippen LogP contribution in [-0.2, 0) is 17.7 Å². The molecule has 0 aromatic heterocycles. The smallest absolute Gasteiger partial charge is 0.351 e. The van der Waals surface area contributed by atoms with Gasteiger partial charge in [-0.3, -0.25) is 0 Å². The Morgan fingerprint density at radius 1 is 0.952 bits per heavy atom. The molecule has 0 heterocycles. The zero-order valence-electron chi connectivity index (χ0n) is 14.7. The van der Waals surface area contributed by atoms with E-state index in [1.165, 1.54) is 12.8 Å². The van der Waals surface area contributed by atoms with Gasteiger partial charge in [-0.05, 0) is 51.4 Å². The fraction of sp³-hybridized carbons (Fsp3) is 1.00. The zero-order chi connectivity index (χ0) is 15.9. The van der Waals surface area contributed by atoms with E-state index in [9.17, 15) is 0 Å². The quantitative estimate of drug-likeness (QED) is 0.602. The molecule has 4 nitrogen and oxygen atoms in total. The summed E-state index contributed by atoms with van der Waals surface area (Å²) >= 11 is 0. The van der Waals surface area contributed by atoms with E-state index in [4.69, 9.17) is 17.7 Å². The summed E-state index contributed by atoms with van der Waals surface area (Å²) in [5.74, 6) is 1.87. The lowest BCUT2D eigenvalue weighted by molar-refractivity contribution is -0.0824. The summed E-state index contributed by atoms with van der Waals surface area (Å²) in [4.78, 5) is 0. The highest BCUT2D eigenvalue weighted by molar-refractivity contribution is 6.53. The molecule has 126 valence electrons. The molecule has 0 saturated heterocycles. The summed E-state index contributed by atoms with van der Waals surface area (Å²) in [6.07, 6.45) is 3.77. The lowest BCUT2D eigenvalue weighted by Crippen LogP contribution is -2.54. The fourth-order valence-corrected chi connectivity index (χ4v) is 5.35. The first-order valence-electron chi connectivity index (χ1n) is 8.57. The normalized spacial score (nSPS) is 27.3. The van der Waals surface area contributed by atoms with Gasteiger partial charge in [0.15, 0.2) is 0 Å². The molecule has 0 radical (unpaired) electrons. The summed E-state index contributed by atoms with van der Waals surface area (Å²) in [5, 5.41) is 0. The van der Waals surface area contributed by atoms with E-state index in [0.29, 0.717) is 37.6 Å². The molecule has 1 rings (SSSR count). The Morgan fingerprint density at radius 2 is 1.48 bits per heavy atom.